The van der Waals surface area contributed by atoms with Crippen molar-refractivity contribution in [1.29, 1.82) is 5.26 Å². The van der Waals surface area contributed by atoms with Gasteiger partial charge < -0.3 is 10.1 Å². The van der Waals surface area contributed by atoms with E-state index in [0.717, 1.165) is 0 Å². The average molecular weight is 239 g/mol. The van der Waals surface area contributed by atoms with E-state index in [-0.39, 0.29) is 12.5 Å². The van der Waals surface area contributed by atoms with E-state index in [1.54, 1.807) is 31.2 Å². The smallest absolute Gasteiger partial charge is 0.261 e. The third-order valence-electron chi connectivity index (χ3n) is 1.82. The SMILES string of the molecule is CC(Oc1cccc(Cl)c1)C(=O)NCC#N. The Morgan fingerprint density at radius 3 is 3.06 bits per heavy atom. The van der Waals surface area contributed by atoms with Gasteiger partial charge in [-0.2, -0.15) is 5.26 Å². The topological polar surface area (TPSA) is 62.1 Å². The monoisotopic (exact) mass is 238 g/mol. The maximum absolute atomic E-state index is 11.4. The van der Waals surface area contributed by atoms with Crippen molar-refractivity contribution >= 4 is 17.5 Å². The number of nitriles is 1. The first-order chi connectivity index (χ1) is 7.63. The summed E-state index contributed by atoms with van der Waals surface area (Å²) in [7, 11) is 0. The van der Waals surface area contributed by atoms with E-state index in [9.17, 15) is 4.79 Å². The summed E-state index contributed by atoms with van der Waals surface area (Å²) < 4.78 is 5.35. The van der Waals surface area contributed by atoms with E-state index >= 15 is 0 Å². The van der Waals surface area contributed by atoms with Crippen LogP contribution in [0.15, 0.2) is 24.3 Å². The van der Waals surface area contributed by atoms with Crippen LogP contribution in [0.25, 0.3) is 0 Å². The van der Waals surface area contributed by atoms with Crippen molar-refractivity contribution < 1.29 is 9.53 Å². The number of amides is 1. The Morgan fingerprint density at radius 2 is 2.44 bits per heavy atom. The first-order valence-electron chi connectivity index (χ1n) is 4.70. The Bertz CT molecular complexity index is 415. The highest BCUT2D eigenvalue weighted by Gasteiger charge is 2.13. The summed E-state index contributed by atoms with van der Waals surface area (Å²) in [6.45, 7) is 1.58. The van der Waals surface area contributed by atoms with Crippen LogP contribution < -0.4 is 10.1 Å². The highest BCUT2D eigenvalue weighted by molar-refractivity contribution is 6.30. The highest BCUT2D eigenvalue weighted by atomic mass is 35.5. The predicted molar refractivity (Wildman–Crippen MR) is 60.2 cm³/mol. The standard InChI is InChI=1S/C11H11ClN2O2/c1-8(11(15)14-6-5-13)16-10-4-2-3-9(12)7-10/h2-4,7-8H,6H2,1H3,(H,14,15). The molecular formula is C11H11ClN2O2. The molecule has 0 aliphatic heterocycles. The van der Waals surface area contributed by atoms with Crippen molar-refractivity contribution in [3.8, 4) is 11.8 Å². The molecule has 0 radical (unpaired) electrons. The van der Waals surface area contributed by atoms with Crippen LogP contribution in [0.5, 0.6) is 5.75 Å². The van der Waals surface area contributed by atoms with Gasteiger partial charge in [0.05, 0.1) is 6.07 Å². The van der Waals surface area contributed by atoms with Crippen LogP contribution in [0.1, 0.15) is 6.92 Å². The van der Waals surface area contributed by atoms with Gasteiger partial charge in [-0.3, -0.25) is 4.79 Å². The largest absolute Gasteiger partial charge is 0.481 e. The number of hydrogen-bond donors (Lipinski definition) is 1. The number of ether oxygens (including phenoxy) is 1. The fraction of sp³-hybridized carbons (Fsp3) is 0.273. The van der Waals surface area contributed by atoms with Crippen molar-refractivity contribution in [2.24, 2.45) is 0 Å². The second-order valence-corrected chi connectivity index (χ2v) is 3.53. The molecule has 0 saturated carbocycles. The normalized spacial score (nSPS) is 11.3. The quantitative estimate of drug-likeness (QED) is 0.813. The lowest BCUT2D eigenvalue weighted by Gasteiger charge is -2.13. The number of halogens is 1. The molecule has 4 nitrogen and oxygen atoms in total. The Kier molecular flexibility index (Phi) is 4.62. The van der Waals surface area contributed by atoms with Crippen molar-refractivity contribution in [3.63, 3.8) is 0 Å². The lowest BCUT2D eigenvalue weighted by molar-refractivity contribution is -0.127. The molecule has 0 aliphatic carbocycles. The zero-order chi connectivity index (χ0) is 12.0. The third kappa shape index (κ3) is 3.79. The summed E-state index contributed by atoms with van der Waals surface area (Å²) in [4.78, 5) is 11.4. The molecule has 0 bridgehead atoms. The molecule has 1 aromatic carbocycles. The number of hydrogen-bond acceptors (Lipinski definition) is 3. The predicted octanol–water partition coefficient (Wildman–Crippen LogP) is 1.75. The molecule has 1 amide bonds. The Balaban J connectivity index is 2.54. The zero-order valence-electron chi connectivity index (χ0n) is 8.74. The lowest BCUT2D eigenvalue weighted by Crippen LogP contribution is -2.36. The maximum atomic E-state index is 11.4. The molecule has 1 rings (SSSR count). The fourth-order valence-electron chi connectivity index (χ4n) is 1.07. The number of nitrogens with one attached hydrogen (secondary N) is 1. The number of benzene rings is 1. The first kappa shape index (κ1) is 12.3. The minimum atomic E-state index is -0.660. The van der Waals surface area contributed by atoms with Crippen LogP contribution in [0.2, 0.25) is 5.02 Å². The average Bonchev–Trinajstić information content (AvgIpc) is 2.25. The van der Waals surface area contributed by atoms with Crippen LogP contribution in [-0.4, -0.2) is 18.6 Å². The van der Waals surface area contributed by atoms with Crippen LogP contribution in [0.3, 0.4) is 0 Å². The van der Waals surface area contributed by atoms with E-state index in [1.807, 2.05) is 6.07 Å². The van der Waals surface area contributed by atoms with Gasteiger partial charge in [-0.25, -0.2) is 0 Å². The van der Waals surface area contributed by atoms with E-state index in [4.69, 9.17) is 21.6 Å². The summed E-state index contributed by atoms with van der Waals surface area (Å²) in [6, 6.07) is 8.60. The van der Waals surface area contributed by atoms with E-state index in [1.165, 1.54) is 0 Å². The zero-order valence-corrected chi connectivity index (χ0v) is 9.49. The van der Waals surface area contributed by atoms with Crippen LogP contribution in [-0.2, 0) is 4.79 Å². The molecular weight excluding hydrogens is 228 g/mol. The molecule has 84 valence electrons. The van der Waals surface area contributed by atoms with Crippen LogP contribution >= 0.6 is 11.6 Å². The number of nitrogens with zero attached hydrogens (tertiary/aromatic N) is 1. The van der Waals surface area contributed by atoms with Gasteiger partial charge in [-0.05, 0) is 25.1 Å². The van der Waals surface area contributed by atoms with Gasteiger partial charge in [0.2, 0.25) is 0 Å². The number of carbonyl (C=O) groups is 1. The molecule has 0 aliphatic rings. The summed E-state index contributed by atoms with van der Waals surface area (Å²) in [5.74, 6) is 0.189. The molecule has 0 aromatic heterocycles. The van der Waals surface area contributed by atoms with Crippen LogP contribution in [0, 0.1) is 11.3 Å². The van der Waals surface area contributed by atoms with Gasteiger partial charge in [0.1, 0.15) is 12.3 Å². The molecule has 1 aromatic rings. The molecule has 0 saturated heterocycles. The van der Waals surface area contributed by atoms with E-state index < -0.39 is 6.10 Å². The second-order valence-electron chi connectivity index (χ2n) is 3.09. The molecule has 5 heteroatoms. The highest BCUT2D eigenvalue weighted by Crippen LogP contribution is 2.18. The molecule has 1 N–H and O–H groups in total. The number of rotatable bonds is 4. The second kappa shape index (κ2) is 5.99. The summed E-state index contributed by atoms with van der Waals surface area (Å²) in [5.41, 5.74) is 0. The minimum Gasteiger partial charge on any atom is -0.481 e. The first-order valence-corrected chi connectivity index (χ1v) is 5.08. The summed E-state index contributed by atoms with van der Waals surface area (Å²) >= 11 is 5.77. The van der Waals surface area contributed by atoms with Gasteiger partial charge >= 0.3 is 0 Å². The fourth-order valence-corrected chi connectivity index (χ4v) is 1.25. The molecule has 0 fully saturated rings. The minimum absolute atomic E-state index is 0.0257. The Labute approximate surface area is 98.8 Å². The van der Waals surface area contributed by atoms with Gasteiger partial charge in [0, 0.05) is 5.02 Å². The maximum Gasteiger partial charge on any atom is 0.261 e. The Hall–Kier alpha value is -1.73. The van der Waals surface area contributed by atoms with Gasteiger partial charge in [-0.15, -0.1) is 0 Å². The van der Waals surface area contributed by atoms with Crippen molar-refractivity contribution in [1.82, 2.24) is 5.32 Å². The van der Waals surface area contributed by atoms with Gasteiger partial charge in [0.25, 0.3) is 5.91 Å². The van der Waals surface area contributed by atoms with Gasteiger partial charge in [-0.1, -0.05) is 17.7 Å². The van der Waals surface area contributed by atoms with E-state index in [2.05, 4.69) is 5.32 Å². The number of carbonyl (C=O) groups excluding carboxylic acids is 1. The molecule has 16 heavy (non-hydrogen) atoms. The third-order valence-corrected chi connectivity index (χ3v) is 2.05. The van der Waals surface area contributed by atoms with Gasteiger partial charge in [0.15, 0.2) is 6.10 Å². The molecule has 0 spiro atoms. The molecule has 1 unspecified atom stereocenters. The molecule has 1 atom stereocenters. The van der Waals surface area contributed by atoms with Crippen molar-refractivity contribution in [2.45, 2.75) is 13.0 Å². The van der Waals surface area contributed by atoms with Crippen molar-refractivity contribution in [3.05, 3.63) is 29.3 Å². The lowest BCUT2D eigenvalue weighted by atomic mass is 10.3. The van der Waals surface area contributed by atoms with Crippen molar-refractivity contribution in [2.75, 3.05) is 6.54 Å². The van der Waals surface area contributed by atoms with Crippen LogP contribution in [0.4, 0.5) is 0 Å². The summed E-state index contributed by atoms with van der Waals surface area (Å²) in [5, 5.41) is 11.3. The Morgan fingerprint density at radius 1 is 1.69 bits per heavy atom. The van der Waals surface area contributed by atoms with E-state index in [0.29, 0.717) is 10.8 Å². The molecule has 0 heterocycles. The summed E-state index contributed by atoms with van der Waals surface area (Å²) in [6.07, 6.45) is -0.660.